The summed E-state index contributed by atoms with van der Waals surface area (Å²) in [5.74, 6) is 0. The van der Waals surface area contributed by atoms with E-state index in [1.807, 2.05) is 118 Å². The second kappa shape index (κ2) is 42.8. The molecule has 12 nitrogen and oxygen atoms in total. The van der Waals surface area contributed by atoms with Crippen LogP contribution in [-0.4, -0.2) is 58.0 Å². The molecule has 732 valence electrons. The average Bonchev–Trinajstić information content (AvgIpc) is 1.60. The maximum absolute atomic E-state index is 5.14. The van der Waals surface area contributed by atoms with Crippen LogP contribution in [0, 0.1) is 36.4 Å². The normalized spacial score (nSPS) is 11.7. The van der Waals surface area contributed by atoms with Crippen molar-refractivity contribution in [3.05, 3.63) is 578 Å². The molecule has 0 saturated carbocycles. The summed E-state index contributed by atoms with van der Waals surface area (Å²) in [5.41, 5.74) is 29.6. The Morgan fingerprint density at radius 1 is 0.208 bits per heavy atom. The summed E-state index contributed by atoms with van der Waals surface area (Å²) in [5, 5.41) is 21.1. The van der Waals surface area contributed by atoms with Crippen LogP contribution >= 0.6 is 0 Å². The van der Waals surface area contributed by atoms with E-state index in [9.17, 15) is 0 Å². The fourth-order valence-electron chi connectivity index (χ4n) is 20.7. The van der Waals surface area contributed by atoms with Gasteiger partial charge in [0.05, 0.1) is 40.8 Å². The quantitative estimate of drug-likeness (QED) is 0.0453. The van der Waals surface area contributed by atoms with E-state index in [1.165, 1.54) is 16.5 Å². The summed E-state index contributed by atoms with van der Waals surface area (Å²) in [7, 11) is 0. The minimum Gasteiger partial charge on any atom is -0.358 e. The molecule has 0 aliphatic heterocycles. The summed E-state index contributed by atoms with van der Waals surface area (Å²) in [6, 6.07) is 170. The molecule has 149 heavy (non-hydrogen) atoms. The number of rotatable bonds is 19. The molecule has 0 aliphatic carbocycles. The first-order chi connectivity index (χ1) is 70.9. The van der Waals surface area contributed by atoms with Crippen molar-refractivity contribution in [2.75, 3.05) is 0 Å². The predicted molar refractivity (Wildman–Crippen MR) is 596 cm³/mol. The molecule has 15 heteroatoms. The topological polar surface area (TPSA) is 107 Å². The van der Waals surface area contributed by atoms with Crippen molar-refractivity contribution in [2.24, 2.45) is 0 Å². The van der Waals surface area contributed by atoms with Gasteiger partial charge in [0.25, 0.3) is 0 Å². The van der Waals surface area contributed by atoms with Crippen molar-refractivity contribution in [2.45, 2.75) is 89.9 Å². The predicted octanol–water partition coefficient (Wildman–Crippen LogP) is 31.2. The average molecular weight is 2200 g/mol. The number of hydrogen-bond donors (Lipinski definition) is 0. The zero-order chi connectivity index (χ0) is 98.4. The van der Waals surface area contributed by atoms with Crippen LogP contribution in [0.5, 0.6) is 0 Å². The molecule has 9 aromatic heterocycles. The Bertz CT molecular complexity index is 8800. The fraction of sp³-hybridized carbons (Fsp3) is 0.104. The first-order valence-electron chi connectivity index (χ1n) is 49.3. The van der Waals surface area contributed by atoms with Crippen LogP contribution in [0.2, 0.25) is 0 Å². The Morgan fingerprint density at radius 3 is 0.785 bits per heavy atom. The molecular weight excluding hydrogens is 2100 g/mol. The first kappa shape index (κ1) is 102. The number of aromatic nitrogens is 12. The van der Waals surface area contributed by atoms with Crippen molar-refractivity contribution in [1.82, 2.24) is 58.0 Å². The smallest absolute Gasteiger partial charge is 0.358 e. The molecule has 0 amide bonds. The van der Waals surface area contributed by atoms with E-state index in [2.05, 4.69) is 486 Å². The van der Waals surface area contributed by atoms with Gasteiger partial charge in [0.2, 0.25) is 0 Å². The van der Waals surface area contributed by atoms with Gasteiger partial charge in [-0.2, -0.15) is 88.1 Å². The summed E-state index contributed by atoms with van der Waals surface area (Å²) >= 11 is 0. The molecule has 9 heterocycles. The van der Waals surface area contributed by atoms with Crippen LogP contribution in [0.25, 0.3) is 133 Å². The Hall–Kier alpha value is -16.0. The van der Waals surface area contributed by atoms with Crippen molar-refractivity contribution in [1.29, 1.82) is 0 Å². The van der Waals surface area contributed by atoms with Gasteiger partial charge in [-0.15, -0.1) is 87.4 Å². The van der Waals surface area contributed by atoms with Crippen LogP contribution in [0.15, 0.2) is 474 Å². The zero-order valence-corrected chi connectivity index (χ0v) is 87.5. The number of benzene rings is 16. The Labute approximate surface area is 912 Å². The van der Waals surface area contributed by atoms with E-state index in [0.29, 0.717) is 0 Å². The van der Waals surface area contributed by atoms with Gasteiger partial charge in [-0.25, -0.2) is 0 Å². The van der Waals surface area contributed by atoms with E-state index < -0.39 is 10.8 Å². The zero-order valence-electron chi connectivity index (χ0n) is 82.8. The van der Waals surface area contributed by atoms with Crippen LogP contribution in [0.3, 0.4) is 0 Å². The monoisotopic (exact) mass is 2200 g/mol. The number of nitrogens with zero attached hydrogens (tertiary/aromatic N) is 12. The molecule has 0 fully saturated rings. The van der Waals surface area contributed by atoms with Gasteiger partial charge in [0.1, 0.15) is 0 Å². The summed E-state index contributed by atoms with van der Waals surface area (Å²) < 4.78 is 12.5. The van der Waals surface area contributed by atoms with Crippen molar-refractivity contribution >= 4 is 65.4 Å². The third-order valence-electron chi connectivity index (χ3n) is 28.2. The number of hydrogen-bond acceptors (Lipinski definition) is 6. The minimum atomic E-state index is -0.777. The van der Waals surface area contributed by atoms with Gasteiger partial charge in [0, 0.05) is 81.5 Å². The first-order valence-corrected chi connectivity index (χ1v) is 49.3. The van der Waals surface area contributed by atoms with Gasteiger partial charge in [-0.3, -0.25) is 29.0 Å². The molecule has 0 N–H and O–H groups in total. The maximum Gasteiger partial charge on any atom is 2.00 e. The summed E-state index contributed by atoms with van der Waals surface area (Å²) in [4.78, 5) is 14.8. The molecule has 0 spiro atoms. The van der Waals surface area contributed by atoms with Gasteiger partial charge >= 0.3 is 61.3 Å². The van der Waals surface area contributed by atoms with Crippen LogP contribution in [-0.2, 0) is 88.3 Å². The summed E-state index contributed by atoms with van der Waals surface area (Å²) in [6.45, 7) is 18.0. The summed E-state index contributed by atoms with van der Waals surface area (Å²) in [6.07, 6.45) is 17.6. The molecule has 0 saturated heterocycles. The molecule has 0 radical (unpaired) electrons. The van der Waals surface area contributed by atoms with Crippen molar-refractivity contribution in [3.8, 4) is 67.5 Å². The van der Waals surface area contributed by atoms with Crippen LogP contribution in [0.4, 0.5) is 0 Å². The Balaban J connectivity index is 0.000000141. The third kappa shape index (κ3) is 19.2. The van der Waals surface area contributed by atoms with E-state index in [0.717, 1.165) is 184 Å². The second-order valence-electron chi connectivity index (χ2n) is 39.5. The largest absolute Gasteiger partial charge is 2.00 e. The molecule has 16 aromatic carbocycles. The van der Waals surface area contributed by atoms with Gasteiger partial charge in [0.15, 0.2) is 0 Å². The molecule has 0 bridgehead atoms. The van der Waals surface area contributed by atoms with E-state index in [-0.39, 0.29) is 84.9 Å². The van der Waals surface area contributed by atoms with Gasteiger partial charge in [-0.05, 0) is 149 Å². The van der Waals surface area contributed by atoms with Crippen LogP contribution < -0.4 is 0 Å². The van der Waals surface area contributed by atoms with Gasteiger partial charge < -0.3 is 13.7 Å². The number of para-hydroxylation sites is 3. The second-order valence-corrected chi connectivity index (χ2v) is 39.5. The van der Waals surface area contributed by atoms with E-state index >= 15 is 0 Å². The van der Waals surface area contributed by atoms with Gasteiger partial charge in [-0.1, -0.05) is 369 Å². The van der Waals surface area contributed by atoms with Crippen molar-refractivity contribution < 1.29 is 61.3 Å². The number of pyridine rings is 3. The third-order valence-corrected chi connectivity index (χ3v) is 28.2. The molecule has 0 atom stereocenters. The molecule has 0 aliphatic rings. The molecule has 0 unspecified atom stereocenters. The maximum atomic E-state index is 5.14. The molecular formula is C134H106N12Pd3. The fourth-order valence-corrected chi connectivity index (χ4v) is 20.7. The van der Waals surface area contributed by atoms with E-state index in [4.69, 9.17) is 20.2 Å². The van der Waals surface area contributed by atoms with E-state index in [1.54, 1.807) is 0 Å². The Kier molecular flexibility index (Phi) is 29.2. The molecule has 25 rings (SSSR count). The van der Waals surface area contributed by atoms with Crippen molar-refractivity contribution in [3.63, 3.8) is 0 Å². The number of fused-ring (bicyclic) bond motifs is 9. The van der Waals surface area contributed by atoms with Crippen LogP contribution in [0.1, 0.15) is 130 Å². The molecule has 25 aromatic rings. The standard InChI is InChI=1S/C53H46N4.C45H30N4.C35H26N4.CH4.3Pd/c1-51(2,3)39-22-26-41(27-23-39)53(50-21-12-13-32-54-50,42-28-24-40(25-29-42)52(4,5)6)43-17-14-18-45(33-43)57-48-20-11-10-19-46(48)47-31-30-44(34-49(47)57)56-36-38(35-55-56)37-15-8-7-9-16-37;1-4-15-33(16-5-1)34-31-47-48(32-34)38-26-27-41-40-23-10-11-24-42(40)49(43(41)30-38)39-22-14-21-37(29-39)45(35-17-6-2-7-18-35,36-19-8-3-9-20-36)44-25-12-13-28-46-44;1-35(2,34-17-8-9-20-36-34)27-13-10-14-29(21-27)39-32-16-7-6-15-30(32)31-19-18-28(22-33(31)39)38-24-26(23-37-38)25-11-4-3-5-12-25;;;;/h7-32,35-36H,1-6H3;1-28,31-32H;3-20,23-24H,1-2H3;1H4;;;/q3*-2;;3*+2. The SMILES string of the molecule is C.CC(C)(C)c1ccc(C(c2[c-]c(-n3c4[c-]c(-n5cc(-c6ccccc6)cn5)ccc4c4ccccc43)ccc2)(c2ccc(C(C)(C)C)cc2)c2ccccn2)cc1.CC(C)(c1[c-]c(-n2c3[c-]c(-n4cc(-c5ccccc5)cn4)ccc3c3ccccc32)ccc1)c1ccccn1.[Pd+2].[Pd+2].[Pd+2].[c-]1c(-n2c3[c-]c(-n4cc(-c5ccccc5)cn4)ccc3c3ccccc32)cccc1C(c1ccccc1)(c1ccccc1)c1ccccn1. The Morgan fingerprint density at radius 2 is 0.477 bits per heavy atom. The minimum absolute atomic E-state index is 0.